The maximum atomic E-state index is 10.5. The molecule has 0 fully saturated rings. The third-order valence-electron chi connectivity index (χ3n) is 2.92. The normalized spacial score (nSPS) is 12.0. The van der Waals surface area contributed by atoms with Crippen molar-refractivity contribution < 1.29 is 14.6 Å². The molecule has 2 aromatic rings. The van der Waals surface area contributed by atoms with Crippen LogP contribution in [-0.2, 0) is 0 Å². The highest BCUT2D eigenvalue weighted by molar-refractivity contribution is 9.10. The van der Waals surface area contributed by atoms with E-state index in [1.807, 2.05) is 32.0 Å². The Labute approximate surface area is 132 Å². The average Bonchev–Trinajstić information content (AvgIpc) is 2.49. The molecule has 112 valence electrons. The molecule has 1 unspecified atom stereocenters. The Kier molecular flexibility index (Phi) is 5.59. The Balaban J connectivity index is 2.32. The SMILES string of the molecule is CCOc1ccc(C(O)c2cncc(Br)c2)cc1OCC. The van der Waals surface area contributed by atoms with Gasteiger partial charge in [0.25, 0.3) is 0 Å². The lowest BCUT2D eigenvalue weighted by Gasteiger charge is -2.16. The van der Waals surface area contributed by atoms with Crippen molar-refractivity contribution in [3.8, 4) is 11.5 Å². The van der Waals surface area contributed by atoms with Crippen molar-refractivity contribution in [2.45, 2.75) is 20.0 Å². The summed E-state index contributed by atoms with van der Waals surface area (Å²) < 4.78 is 11.9. The molecule has 21 heavy (non-hydrogen) atoms. The summed E-state index contributed by atoms with van der Waals surface area (Å²) in [6.07, 6.45) is 2.57. The number of aliphatic hydroxyl groups excluding tert-OH is 1. The number of ether oxygens (including phenoxy) is 2. The van der Waals surface area contributed by atoms with Gasteiger partial charge in [0.2, 0.25) is 0 Å². The van der Waals surface area contributed by atoms with Crippen LogP contribution in [0.5, 0.6) is 11.5 Å². The number of pyridine rings is 1. The second kappa shape index (κ2) is 7.43. The fourth-order valence-corrected chi connectivity index (χ4v) is 2.39. The standard InChI is InChI=1S/C16H18BrNO3/c1-3-20-14-6-5-11(8-15(14)21-4-2)16(19)12-7-13(17)10-18-9-12/h5-10,16,19H,3-4H2,1-2H3. The van der Waals surface area contributed by atoms with Gasteiger partial charge in [0.1, 0.15) is 6.10 Å². The minimum Gasteiger partial charge on any atom is -0.490 e. The highest BCUT2D eigenvalue weighted by atomic mass is 79.9. The molecule has 0 aliphatic carbocycles. The number of aromatic nitrogens is 1. The molecular weight excluding hydrogens is 334 g/mol. The molecule has 0 radical (unpaired) electrons. The van der Waals surface area contributed by atoms with Crippen molar-refractivity contribution in [1.29, 1.82) is 0 Å². The number of aliphatic hydroxyl groups is 1. The van der Waals surface area contributed by atoms with Crippen molar-refractivity contribution in [3.05, 3.63) is 52.3 Å². The summed E-state index contributed by atoms with van der Waals surface area (Å²) in [5, 5.41) is 10.5. The van der Waals surface area contributed by atoms with E-state index in [1.165, 1.54) is 0 Å². The molecule has 1 atom stereocenters. The van der Waals surface area contributed by atoms with E-state index in [0.29, 0.717) is 24.7 Å². The van der Waals surface area contributed by atoms with Crippen LogP contribution in [0, 0.1) is 0 Å². The van der Waals surface area contributed by atoms with Gasteiger partial charge in [-0.3, -0.25) is 4.98 Å². The van der Waals surface area contributed by atoms with E-state index in [0.717, 1.165) is 15.6 Å². The van der Waals surface area contributed by atoms with E-state index >= 15 is 0 Å². The van der Waals surface area contributed by atoms with E-state index in [9.17, 15) is 5.11 Å². The third kappa shape index (κ3) is 3.95. The highest BCUT2D eigenvalue weighted by Gasteiger charge is 2.14. The van der Waals surface area contributed by atoms with Gasteiger partial charge in [-0.05, 0) is 53.5 Å². The van der Waals surface area contributed by atoms with Gasteiger partial charge < -0.3 is 14.6 Å². The zero-order valence-corrected chi connectivity index (χ0v) is 13.6. The van der Waals surface area contributed by atoms with Crippen LogP contribution in [0.2, 0.25) is 0 Å². The zero-order valence-electron chi connectivity index (χ0n) is 12.0. The van der Waals surface area contributed by atoms with Gasteiger partial charge in [0, 0.05) is 22.4 Å². The minimum absolute atomic E-state index is 0.540. The first-order chi connectivity index (χ1) is 10.2. The molecule has 0 aliphatic heterocycles. The maximum absolute atomic E-state index is 10.5. The molecule has 1 N–H and O–H groups in total. The lowest BCUT2D eigenvalue weighted by molar-refractivity contribution is 0.218. The van der Waals surface area contributed by atoms with Crippen molar-refractivity contribution in [1.82, 2.24) is 4.98 Å². The minimum atomic E-state index is -0.759. The van der Waals surface area contributed by atoms with Crippen LogP contribution >= 0.6 is 15.9 Å². The summed E-state index contributed by atoms with van der Waals surface area (Å²) in [5.74, 6) is 1.32. The molecule has 0 spiro atoms. The molecule has 1 aromatic heterocycles. The zero-order chi connectivity index (χ0) is 15.2. The Bertz CT molecular complexity index is 604. The van der Waals surface area contributed by atoms with Crippen LogP contribution in [0.15, 0.2) is 41.1 Å². The summed E-state index contributed by atoms with van der Waals surface area (Å²) in [6.45, 7) is 4.94. The second-order valence-corrected chi connectivity index (χ2v) is 5.33. The molecule has 4 nitrogen and oxygen atoms in total. The van der Waals surface area contributed by atoms with Crippen LogP contribution in [0.4, 0.5) is 0 Å². The monoisotopic (exact) mass is 351 g/mol. The van der Waals surface area contributed by atoms with Crippen molar-refractivity contribution >= 4 is 15.9 Å². The Hall–Kier alpha value is -1.59. The number of nitrogens with zero attached hydrogens (tertiary/aromatic N) is 1. The van der Waals surface area contributed by atoms with Crippen molar-refractivity contribution in [2.24, 2.45) is 0 Å². The van der Waals surface area contributed by atoms with Crippen LogP contribution in [0.1, 0.15) is 31.1 Å². The number of rotatable bonds is 6. The highest BCUT2D eigenvalue weighted by Crippen LogP contribution is 2.33. The summed E-state index contributed by atoms with van der Waals surface area (Å²) >= 11 is 3.36. The van der Waals surface area contributed by atoms with Gasteiger partial charge in [-0.25, -0.2) is 0 Å². The first kappa shape index (κ1) is 15.8. The van der Waals surface area contributed by atoms with Gasteiger partial charge in [-0.15, -0.1) is 0 Å². The number of hydrogen-bond donors (Lipinski definition) is 1. The predicted octanol–water partition coefficient (Wildman–Crippen LogP) is 3.72. The van der Waals surface area contributed by atoms with Crippen LogP contribution in [-0.4, -0.2) is 23.3 Å². The summed E-state index contributed by atoms with van der Waals surface area (Å²) in [6, 6.07) is 7.30. The van der Waals surface area contributed by atoms with Gasteiger partial charge >= 0.3 is 0 Å². The molecule has 0 bridgehead atoms. The second-order valence-electron chi connectivity index (χ2n) is 4.41. The summed E-state index contributed by atoms with van der Waals surface area (Å²) in [5.41, 5.74) is 1.46. The molecule has 5 heteroatoms. The first-order valence-corrected chi connectivity index (χ1v) is 7.63. The van der Waals surface area contributed by atoms with Gasteiger partial charge in [-0.1, -0.05) is 6.07 Å². The average molecular weight is 352 g/mol. The molecule has 2 rings (SSSR count). The molecule has 0 amide bonds. The van der Waals surface area contributed by atoms with Gasteiger partial charge in [0.15, 0.2) is 11.5 Å². The van der Waals surface area contributed by atoms with E-state index in [-0.39, 0.29) is 0 Å². The molecule has 0 saturated carbocycles. The Morgan fingerprint density at radius 1 is 1.05 bits per heavy atom. The number of halogens is 1. The third-order valence-corrected chi connectivity index (χ3v) is 3.36. The van der Waals surface area contributed by atoms with Crippen molar-refractivity contribution in [2.75, 3.05) is 13.2 Å². The lowest BCUT2D eigenvalue weighted by atomic mass is 10.0. The van der Waals surface area contributed by atoms with Crippen LogP contribution in [0.3, 0.4) is 0 Å². The van der Waals surface area contributed by atoms with Crippen molar-refractivity contribution in [3.63, 3.8) is 0 Å². The molecule has 0 saturated heterocycles. The lowest BCUT2D eigenvalue weighted by Crippen LogP contribution is -2.03. The smallest absolute Gasteiger partial charge is 0.161 e. The van der Waals surface area contributed by atoms with E-state index in [4.69, 9.17) is 9.47 Å². The predicted molar refractivity (Wildman–Crippen MR) is 84.8 cm³/mol. The van der Waals surface area contributed by atoms with E-state index < -0.39 is 6.10 Å². The van der Waals surface area contributed by atoms with E-state index in [1.54, 1.807) is 18.5 Å². The number of hydrogen-bond acceptors (Lipinski definition) is 4. The Morgan fingerprint density at radius 3 is 2.43 bits per heavy atom. The first-order valence-electron chi connectivity index (χ1n) is 6.83. The van der Waals surface area contributed by atoms with E-state index in [2.05, 4.69) is 20.9 Å². The Morgan fingerprint density at radius 2 is 1.76 bits per heavy atom. The van der Waals surface area contributed by atoms with Gasteiger partial charge in [-0.2, -0.15) is 0 Å². The topological polar surface area (TPSA) is 51.6 Å². The summed E-state index contributed by atoms with van der Waals surface area (Å²) in [7, 11) is 0. The van der Waals surface area contributed by atoms with Crippen LogP contribution in [0.25, 0.3) is 0 Å². The quantitative estimate of drug-likeness (QED) is 0.861. The van der Waals surface area contributed by atoms with Gasteiger partial charge in [0.05, 0.1) is 13.2 Å². The number of benzene rings is 1. The fourth-order valence-electron chi connectivity index (χ4n) is 2.01. The fraction of sp³-hybridized carbons (Fsp3) is 0.312. The summed E-state index contributed by atoms with van der Waals surface area (Å²) in [4.78, 5) is 4.07. The van der Waals surface area contributed by atoms with Crippen LogP contribution < -0.4 is 9.47 Å². The molecule has 1 aromatic carbocycles. The molecular formula is C16H18BrNO3. The molecule has 0 aliphatic rings. The maximum Gasteiger partial charge on any atom is 0.161 e. The molecule has 1 heterocycles. The largest absolute Gasteiger partial charge is 0.490 e.